The van der Waals surface area contributed by atoms with Crippen LogP contribution in [0.3, 0.4) is 0 Å². The van der Waals surface area contributed by atoms with Crippen LogP contribution in [0.4, 0.5) is 0 Å². The Bertz CT molecular complexity index is 541. The molecule has 1 aromatic rings. The Balaban J connectivity index is 1.74. The maximum Gasteiger partial charge on any atom is 0.335 e. The Morgan fingerprint density at radius 1 is 1.23 bits per heavy atom. The fourth-order valence-corrected chi connectivity index (χ4v) is 3.28. The van der Waals surface area contributed by atoms with Crippen molar-refractivity contribution in [1.29, 1.82) is 0 Å². The summed E-state index contributed by atoms with van der Waals surface area (Å²) in [4.78, 5) is 24.6. The monoisotopic (exact) mass is 343 g/mol. The molecule has 22 heavy (non-hydrogen) atoms. The molecule has 2 N–H and O–H groups in total. The van der Waals surface area contributed by atoms with Gasteiger partial charge in [-0.2, -0.15) is 0 Å². The topological polar surface area (TPSA) is 77.8 Å². The van der Waals surface area contributed by atoms with Crippen molar-refractivity contribution in [2.75, 3.05) is 18.8 Å². The van der Waals surface area contributed by atoms with Crippen molar-refractivity contribution in [1.82, 2.24) is 4.90 Å². The first-order valence-electron chi connectivity index (χ1n) is 6.96. The van der Waals surface area contributed by atoms with Crippen LogP contribution in [0.5, 0.6) is 0 Å². The van der Waals surface area contributed by atoms with Crippen LogP contribution in [0.25, 0.3) is 0 Å². The van der Waals surface area contributed by atoms with E-state index in [0.29, 0.717) is 10.8 Å². The third-order valence-corrected chi connectivity index (χ3v) is 4.99. The minimum atomic E-state index is -1.69. The predicted molar refractivity (Wildman–Crippen MR) is 86.0 cm³/mol. The number of aliphatic carboxylic acids is 1. The molecule has 1 aromatic carbocycles. The summed E-state index contributed by atoms with van der Waals surface area (Å²) in [6.45, 7) is 0.562. The molecule has 1 aliphatic heterocycles. The first kappa shape index (κ1) is 17.1. The number of halogens is 1. The van der Waals surface area contributed by atoms with E-state index in [9.17, 15) is 14.7 Å². The zero-order valence-corrected chi connectivity index (χ0v) is 13.6. The van der Waals surface area contributed by atoms with Crippen LogP contribution in [0.15, 0.2) is 24.3 Å². The minimum Gasteiger partial charge on any atom is -0.479 e. The number of benzene rings is 1. The van der Waals surface area contributed by atoms with Gasteiger partial charge in [0.25, 0.3) is 0 Å². The molecule has 5 nitrogen and oxygen atoms in total. The van der Waals surface area contributed by atoms with Crippen LogP contribution in [-0.4, -0.2) is 51.4 Å². The van der Waals surface area contributed by atoms with E-state index in [1.165, 1.54) is 11.8 Å². The lowest BCUT2D eigenvalue weighted by atomic mass is 9.92. The average Bonchev–Trinajstić information content (AvgIpc) is 2.49. The van der Waals surface area contributed by atoms with E-state index in [-0.39, 0.29) is 31.8 Å². The van der Waals surface area contributed by atoms with Crippen molar-refractivity contribution in [2.45, 2.75) is 24.2 Å². The Hall–Kier alpha value is -1.24. The molecule has 0 spiro atoms. The van der Waals surface area contributed by atoms with E-state index < -0.39 is 11.6 Å². The highest BCUT2D eigenvalue weighted by Crippen LogP contribution is 2.23. The second-order valence-electron chi connectivity index (χ2n) is 5.34. The quantitative estimate of drug-likeness (QED) is 0.855. The largest absolute Gasteiger partial charge is 0.479 e. The number of carbonyl (C=O) groups excluding carboxylic acids is 1. The molecule has 1 aliphatic rings. The molecule has 7 heteroatoms. The van der Waals surface area contributed by atoms with Gasteiger partial charge in [-0.25, -0.2) is 4.79 Å². The summed E-state index contributed by atoms with van der Waals surface area (Å²) in [5, 5.41) is 19.5. The molecule has 1 heterocycles. The van der Waals surface area contributed by atoms with Crippen LogP contribution in [0.1, 0.15) is 18.4 Å². The summed E-state index contributed by atoms with van der Waals surface area (Å²) in [6, 6.07) is 7.48. The summed E-state index contributed by atoms with van der Waals surface area (Å²) < 4.78 is 0. The summed E-state index contributed by atoms with van der Waals surface area (Å²) in [7, 11) is 0. The Labute approximate surface area is 138 Å². The number of carboxylic acids is 1. The van der Waals surface area contributed by atoms with Crippen molar-refractivity contribution >= 4 is 35.2 Å². The molecule has 0 saturated carbocycles. The predicted octanol–water partition coefficient (Wildman–Crippen LogP) is 2.01. The van der Waals surface area contributed by atoms with Crippen LogP contribution in [0.2, 0.25) is 5.02 Å². The van der Waals surface area contributed by atoms with E-state index >= 15 is 0 Å². The highest BCUT2D eigenvalue weighted by atomic mass is 35.5. The maximum atomic E-state index is 12.1. The average molecular weight is 344 g/mol. The van der Waals surface area contributed by atoms with Crippen LogP contribution < -0.4 is 0 Å². The lowest BCUT2D eigenvalue weighted by Gasteiger charge is -2.35. The van der Waals surface area contributed by atoms with Crippen LogP contribution >= 0.6 is 23.4 Å². The third kappa shape index (κ3) is 4.38. The SMILES string of the molecule is O=C(CSCc1ccc(Cl)cc1)N1CCC(O)(C(=O)O)CC1. The Kier molecular flexibility index (Phi) is 5.72. The number of nitrogens with zero attached hydrogens (tertiary/aromatic N) is 1. The molecule has 0 atom stereocenters. The first-order valence-corrected chi connectivity index (χ1v) is 8.50. The highest BCUT2D eigenvalue weighted by molar-refractivity contribution is 7.99. The van der Waals surface area contributed by atoms with Crippen molar-refractivity contribution in [2.24, 2.45) is 0 Å². The molecule has 0 radical (unpaired) electrons. The Morgan fingerprint density at radius 3 is 2.36 bits per heavy atom. The highest BCUT2D eigenvalue weighted by Gasteiger charge is 2.40. The standard InChI is InChI=1S/C15H18ClNO4S/c16-12-3-1-11(2-4-12)9-22-10-13(18)17-7-5-15(21,6-8-17)14(19)20/h1-4,21H,5-10H2,(H,19,20). The number of likely N-dealkylation sites (tertiary alicyclic amines) is 1. The number of hydrogen-bond acceptors (Lipinski definition) is 4. The van der Waals surface area contributed by atoms with Gasteiger partial charge in [-0.15, -0.1) is 11.8 Å². The van der Waals surface area contributed by atoms with Crippen molar-refractivity contribution in [3.05, 3.63) is 34.9 Å². The number of rotatable bonds is 5. The van der Waals surface area contributed by atoms with E-state index in [2.05, 4.69) is 0 Å². The molecule has 0 aromatic heterocycles. The van der Waals surface area contributed by atoms with Gasteiger partial charge in [0.15, 0.2) is 5.60 Å². The zero-order valence-electron chi connectivity index (χ0n) is 12.0. The third-order valence-electron chi connectivity index (χ3n) is 3.75. The second kappa shape index (κ2) is 7.35. The van der Waals surface area contributed by atoms with Gasteiger partial charge < -0.3 is 15.1 Å². The summed E-state index contributed by atoms with van der Waals surface area (Å²) >= 11 is 7.32. The maximum absolute atomic E-state index is 12.1. The molecule has 0 unspecified atom stereocenters. The van der Waals surface area contributed by atoms with Crippen LogP contribution in [-0.2, 0) is 15.3 Å². The van der Waals surface area contributed by atoms with Gasteiger partial charge in [0.1, 0.15) is 0 Å². The van der Waals surface area contributed by atoms with Gasteiger partial charge in [-0.1, -0.05) is 23.7 Å². The Morgan fingerprint density at radius 2 is 1.82 bits per heavy atom. The van der Waals surface area contributed by atoms with E-state index in [1.807, 2.05) is 24.3 Å². The normalized spacial score (nSPS) is 17.3. The zero-order chi connectivity index (χ0) is 16.2. The molecule has 0 bridgehead atoms. The first-order chi connectivity index (χ1) is 10.4. The lowest BCUT2D eigenvalue weighted by Crippen LogP contribution is -2.51. The number of thioether (sulfide) groups is 1. The van der Waals surface area contributed by atoms with Gasteiger partial charge in [-0.3, -0.25) is 4.79 Å². The molecule has 1 fully saturated rings. The van der Waals surface area contributed by atoms with Gasteiger partial charge in [0, 0.05) is 36.7 Å². The van der Waals surface area contributed by atoms with E-state index in [0.717, 1.165) is 11.3 Å². The molecule has 1 amide bonds. The molecular formula is C15H18ClNO4S. The van der Waals surface area contributed by atoms with Gasteiger partial charge in [-0.05, 0) is 17.7 Å². The number of carbonyl (C=O) groups is 2. The molecule has 2 rings (SSSR count). The fraction of sp³-hybridized carbons (Fsp3) is 0.467. The summed E-state index contributed by atoms with van der Waals surface area (Å²) in [5.74, 6) is -0.174. The lowest BCUT2D eigenvalue weighted by molar-refractivity contribution is -0.165. The number of piperidine rings is 1. The second-order valence-corrected chi connectivity index (χ2v) is 6.76. The summed E-state index contributed by atoms with van der Waals surface area (Å²) in [5.41, 5.74) is -0.589. The smallest absolute Gasteiger partial charge is 0.335 e. The van der Waals surface area contributed by atoms with E-state index in [4.69, 9.17) is 16.7 Å². The van der Waals surface area contributed by atoms with Gasteiger partial charge >= 0.3 is 5.97 Å². The molecular weight excluding hydrogens is 326 g/mol. The number of hydrogen-bond donors (Lipinski definition) is 2. The number of aliphatic hydroxyl groups is 1. The van der Waals surface area contributed by atoms with Gasteiger partial charge in [0.05, 0.1) is 5.75 Å². The number of carboxylic acid groups (broad SMARTS) is 1. The summed E-state index contributed by atoms with van der Waals surface area (Å²) in [6.07, 6.45) is 0.159. The van der Waals surface area contributed by atoms with Gasteiger partial charge in [0.2, 0.25) is 5.91 Å². The van der Waals surface area contributed by atoms with E-state index in [1.54, 1.807) is 4.90 Å². The number of amides is 1. The molecule has 1 saturated heterocycles. The van der Waals surface area contributed by atoms with Crippen LogP contribution in [0, 0.1) is 0 Å². The minimum absolute atomic E-state index is 0.0218. The van der Waals surface area contributed by atoms with Crippen molar-refractivity contribution in [3.8, 4) is 0 Å². The van der Waals surface area contributed by atoms with Crippen molar-refractivity contribution in [3.63, 3.8) is 0 Å². The fourth-order valence-electron chi connectivity index (χ4n) is 2.27. The molecule has 0 aliphatic carbocycles. The van der Waals surface area contributed by atoms with Crippen molar-refractivity contribution < 1.29 is 19.8 Å². The molecule has 120 valence electrons.